The molecular weight excluding hydrogens is 349 g/mol. The minimum absolute atomic E-state index is 0.0183. The zero-order chi connectivity index (χ0) is 17.7. The summed E-state index contributed by atoms with van der Waals surface area (Å²) in [4.78, 5) is 3.37. The molecule has 1 unspecified atom stereocenters. The van der Waals surface area contributed by atoms with E-state index < -0.39 is 5.82 Å². The van der Waals surface area contributed by atoms with E-state index in [2.05, 4.69) is 24.3 Å². The third-order valence-corrected chi connectivity index (χ3v) is 4.33. The fourth-order valence-corrected chi connectivity index (χ4v) is 2.81. The summed E-state index contributed by atoms with van der Waals surface area (Å²) in [6, 6.07) is 8.22. The SMILES string of the molecule is CC(c1ccco1)N(CC[NH+](C)C)C(=S)Nc1ccc(F)c(Cl)c1. The summed E-state index contributed by atoms with van der Waals surface area (Å²) in [5.41, 5.74) is 0.653. The van der Waals surface area contributed by atoms with E-state index in [9.17, 15) is 4.39 Å². The van der Waals surface area contributed by atoms with E-state index in [1.54, 1.807) is 12.3 Å². The molecule has 130 valence electrons. The summed E-state index contributed by atoms with van der Waals surface area (Å²) in [5, 5.41) is 3.74. The normalized spacial score (nSPS) is 12.2. The highest BCUT2D eigenvalue weighted by atomic mass is 35.5. The molecule has 0 radical (unpaired) electrons. The van der Waals surface area contributed by atoms with Crippen LogP contribution in [0.3, 0.4) is 0 Å². The van der Waals surface area contributed by atoms with Crippen LogP contribution in [0.4, 0.5) is 10.1 Å². The van der Waals surface area contributed by atoms with E-state index in [1.807, 2.05) is 19.1 Å². The predicted octanol–water partition coefficient (Wildman–Crippen LogP) is 2.98. The zero-order valence-electron chi connectivity index (χ0n) is 14.0. The fraction of sp³-hybridized carbons (Fsp3) is 0.353. The van der Waals surface area contributed by atoms with Gasteiger partial charge in [-0.1, -0.05) is 11.6 Å². The Hall–Kier alpha value is -1.63. The van der Waals surface area contributed by atoms with Gasteiger partial charge in [0.25, 0.3) is 0 Å². The van der Waals surface area contributed by atoms with Crippen molar-refractivity contribution in [2.24, 2.45) is 0 Å². The first-order chi connectivity index (χ1) is 11.4. The predicted molar refractivity (Wildman–Crippen MR) is 99.1 cm³/mol. The molecule has 2 N–H and O–H groups in total. The van der Waals surface area contributed by atoms with Gasteiger partial charge in [-0.2, -0.15) is 0 Å². The summed E-state index contributed by atoms with van der Waals surface area (Å²) in [7, 11) is 4.18. The van der Waals surface area contributed by atoms with Crippen molar-refractivity contribution in [3.8, 4) is 0 Å². The van der Waals surface area contributed by atoms with E-state index in [-0.39, 0.29) is 11.1 Å². The highest BCUT2D eigenvalue weighted by Crippen LogP contribution is 2.23. The van der Waals surface area contributed by atoms with Crippen LogP contribution in [0.2, 0.25) is 5.02 Å². The van der Waals surface area contributed by atoms with Crippen molar-refractivity contribution in [3.05, 3.63) is 53.2 Å². The molecule has 2 aromatic rings. The lowest BCUT2D eigenvalue weighted by Crippen LogP contribution is -3.06. The highest BCUT2D eigenvalue weighted by Gasteiger charge is 2.22. The van der Waals surface area contributed by atoms with Crippen LogP contribution in [0.1, 0.15) is 18.7 Å². The van der Waals surface area contributed by atoms with Crippen molar-refractivity contribution < 1.29 is 13.7 Å². The second-order valence-corrected chi connectivity index (χ2v) is 6.69. The van der Waals surface area contributed by atoms with Gasteiger partial charge in [0.15, 0.2) is 5.11 Å². The Morgan fingerprint density at radius 2 is 2.17 bits per heavy atom. The van der Waals surface area contributed by atoms with Gasteiger partial charge in [-0.25, -0.2) is 4.39 Å². The Balaban J connectivity index is 2.15. The minimum atomic E-state index is -0.454. The molecule has 0 saturated heterocycles. The topological polar surface area (TPSA) is 32.9 Å². The Bertz CT molecular complexity index is 678. The number of likely N-dealkylation sites (N-methyl/N-ethyl adjacent to an activating group) is 1. The quantitative estimate of drug-likeness (QED) is 0.766. The van der Waals surface area contributed by atoms with Gasteiger partial charge in [0.2, 0.25) is 0 Å². The summed E-state index contributed by atoms with van der Waals surface area (Å²) < 4.78 is 18.8. The van der Waals surface area contributed by atoms with E-state index >= 15 is 0 Å². The first kappa shape index (κ1) is 18.7. The smallest absolute Gasteiger partial charge is 0.174 e. The number of anilines is 1. The van der Waals surface area contributed by atoms with Crippen molar-refractivity contribution >= 4 is 34.6 Å². The number of benzene rings is 1. The van der Waals surface area contributed by atoms with Gasteiger partial charge in [-0.3, -0.25) is 0 Å². The molecular formula is C17H22ClFN3OS+. The van der Waals surface area contributed by atoms with Crippen molar-refractivity contribution in [1.82, 2.24) is 4.90 Å². The molecule has 0 bridgehead atoms. The van der Waals surface area contributed by atoms with Gasteiger partial charge in [0.1, 0.15) is 11.6 Å². The van der Waals surface area contributed by atoms with E-state index in [4.69, 9.17) is 28.2 Å². The molecule has 0 saturated carbocycles. The Labute approximate surface area is 152 Å². The van der Waals surface area contributed by atoms with Gasteiger partial charge in [0.05, 0.1) is 44.5 Å². The molecule has 0 aliphatic heterocycles. The molecule has 2 rings (SSSR count). The average Bonchev–Trinajstić information content (AvgIpc) is 3.05. The Morgan fingerprint density at radius 3 is 2.75 bits per heavy atom. The molecule has 1 atom stereocenters. The van der Waals surface area contributed by atoms with Gasteiger partial charge in [-0.05, 0) is 49.5 Å². The number of nitrogens with zero attached hydrogens (tertiary/aromatic N) is 1. The highest BCUT2D eigenvalue weighted by molar-refractivity contribution is 7.80. The van der Waals surface area contributed by atoms with E-state index in [0.717, 1.165) is 18.8 Å². The maximum atomic E-state index is 13.3. The molecule has 24 heavy (non-hydrogen) atoms. The van der Waals surface area contributed by atoms with Crippen LogP contribution in [0.5, 0.6) is 0 Å². The molecule has 0 aliphatic carbocycles. The third kappa shape index (κ3) is 4.93. The van der Waals surface area contributed by atoms with Crippen LogP contribution >= 0.6 is 23.8 Å². The van der Waals surface area contributed by atoms with E-state index in [1.165, 1.54) is 17.0 Å². The molecule has 1 aromatic carbocycles. The Kier molecular flexibility index (Phi) is 6.60. The van der Waals surface area contributed by atoms with Crippen LogP contribution < -0.4 is 10.2 Å². The average molecular weight is 371 g/mol. The second-order valence-electron chi connectivity index (χ2n) is 5.90. The molecule has 0 spiro atoms. The maximum Gasteiger partial charge on any atom is 0.174 e. The number of hydrogen-bond acceptors (Lipinski definition) is 2. The van der Waals surface area contributed by atoms with Gasteiger partial charge < -0.3 is 19.5 Å². The first-order valence-electron chi connectivity index (χ1n) is 7.73. The number of halogens is 2. The van der Waals surface area contributed by atoms with Crippen LogP contribution in [0, 0.1) is 5.82 Å². The molecule has 0 aliphatic rings. The fourth-order valence-electron chi connectivity index (χ4n) is 2.27. The standard InChI is InChI=1S/C17H21ClFN3OS/c1-12(16-5-4-10-23-16)22(9-8-21(2)3)17(24)20-13-6-7-15(19)14(18)11-13/h4-7,10-12H,8-9H2,1-3H3,(H,20,24)/p+1. The molecule has 1 aromatic heterocycles. The molecule has 1 heterocycles. The number of quaternary nitrogens is 1. The first-order valence-corrected chi connectivity index (χ1v) is 8.52. The molecule has 4 nitrogen and oxygen atoms in total. The summed E-state index contributed by atoms with van der Waals surface area (Å²) >= 11 is 11.4. The number of hydrogen-bond donors (Lipinski definition) is 2. The molecule has 0 fully saturated rings. The second kappa shape index (κ2) is 8.46. The summed E-state index contributed by atoms with van der Waals surface area (Å²) in [6.07, 6.45) is 1.65. The summed E-state index contributed by atoms with van der Waals surface area (Å²) in [6.45, 7) is 3.71. The zero-order valence-corrected chi connectivity index (χ0v) is 15.5. The van der Waals surface area contributed by atoms with Crippen LogP contribution in [0.25, 0.3) is 0 Å². The van der Waals surface area contributed by atoms with Crippen molar-refractivity contribution in [2.75, 3.05) is 32.5 Å². The maximum absolute atomic E-state index is 13.3. The molecule has 0 amide bonds. The number of rotatable bonds is 6. The lowest BCUT2D eigenvalue weighted by atomic mass is 10.2. The number of nitrogens with one attached hydrogen (secondary N) is 2. The van der Waals surface area contributed by atoms with Gasteiger partial charge in [0, 0.05) is 5.69 Å². The van der Waals surface area contributed by atoms with Gasteiger partial charge in [-0.15, -0.1) is 0 Å². The molecule has 7 heteroatoms. The third-order valence-electron chi connectivity index (χ3n) is 3.71. The lowest BCUT2D eigenvalue weighted by molar-refractivity contribution is -0.857. The number of thiocarbonyl (C=S) groups is 1. The van der Waals surface area contributed by atoms with Crippen LogP contribution in [-0.2, 0) is 0 Å². The largest absolute Gasteiger partial charge is 0.467 e. The van der Waals surface area contributed by atoms with Crippen LogP contribution in [-0.4, -0.2) is 37.2 Å². The van der Waals surface area contributed by atoms with Crippen LogP contribution in [0.15, 0.2) is 41.0 Å². The summed E-state index contributed by atoms with van der Waals surface area (Å²) in [5.74, 6) is 0.384. The van der Waals surface area contributed by atoms with Crippen molar-refractivity contribution in [2.45, 2.75) is 13.0 Å². The van der Waals surface area contributed by atoms with Crippen molar-refractivity contribution in [3.63, 3.8) is 0 Å². The minimum Gasteiger partial charge on any atom is -0.467 e. The van der Waals surface area contributed by atoms with Crippen molar-refractivity contribution in [1.29, 1.82) is 0 Å². The Morgan fingerprint density at radius 1 is 1.42 bits per heavy atom. The van der Waals surface area contributed by atoms with Gasteiger partial charge >= 0.3 is 0 Å². The number of furan rings is 1. The lowest BCUT2D eigenvalue weighted by Gasteiger charge is -2.31. The monoisotopic (exact) mass is 370 g/mol. The van der Waals surface area contributed by atoms with E-state index in [0.29, 0.717) is 10.8 Å².